The highest BCUT2D eigenvalue weighted by Gasteiger charge is 2.36. The Hall–Kier alpha value is -1.95. The first kappa shape index (κ1) is 14.6. The average Bonchev–Trinajstić information content (AvgIpc) is 3.20. The predicted octanol–water partition coefficient (Wildman–Crippen LogP) is 3.05. The van der Waals surface area contributed by atoms with Gasteiger partial charge in [-0.3, -0.25) is 9.59 Å². The van der Waals surface area contributed by atoms with Crippen LogP contribution in [-0.4, -0.2) is 39.4 Å². The van der Waals surface area contributed by atoms with E-state index in [1.807, 2.05) is 17.0 Å². The Labute approximate surface area is 138 Å². The minimum atomic E-state index is -0.377. The molecule has 0 bridgehead atoms. The van der Waals surface area contributed by atoms with Crippen LogP contribution in [0.4, 0.5) is 4.79 Å². The second-order valence-corrected chi connectivity index (χ2v) is 7.14. The van der Waals surface area contributed by atoms with Crippen molar-refractivity contribution in [1.82, 2.24) is 15.2 Å². The number of nitrogens with one attached hydrogen (secondary N) is 2. The number of aromatic nitrogens is 1. The fourth-order valence-electron chi connectivity index (χ4n) is 3.51. The molecule has 2 N–H and O–H groups in total. The van der Waals surface area contributed by atoms with E-state index in [9.17, 15) is 9.59 Å². The van der Waals surface area contributed by atoms with E-state index < -0.39 is 0 Å². The highest BCUT2D eigenvalue weighted by molar-refractivity contribution is 8.14. The fourth-order valence-corrected chi connectivity index (χ4v) is 4.28. The normalized spacial score (nSPS) is 24.9. The maximum atomic E-state index is 12.8. The molecule has 2 aliphatic rings. The number of H-pyrrole nitrogens is 1. The van der Waals surface area contributed by atoms with Crippen molar-refractivity contribution in [1.29, 1.82) is 0 Å². The lowest BCUT2D eigenvalue weighted by molar-refractivity contribution is -0.136. The molecule has 0 spiro atoms. The van der Waals surface area contributed by atoms with Gasteiger partial charge in [-0.05, 0) is 36.8 Å². The number of aromatic amines is 1. The molecule has 0 radical (unpaired) electrons. The van der Waals surface area contributed by atoms with Crippen molar-refractivity contribution in [3.63, 3.8) is 0 Å². The van der Waals surface area contributed by atoms with Crippen LogP contribution in [0.2, 0.25) is 0 Å². The molecule has 0 saturated carbocycles. The van der Waals surface area contributed by atoms with E-state index in [-0.39, 0.29) is 23.2 Å². The number of likely N-dealkylation sites (tertiary alicyclic amines) is 1. The van der Waals surface area contributed by atoms with Crippen LogP contribution in [0.1, 0.15) is 31.0 Å². The van der Waals surface area contributed by atoms with Gasteiger partial charge in [-0.15, -0.1) is 0 Å². The molecule has 5 nitrogen and oxygen atoms in total. The summed E-state index contributed by atoms with van der Waals surface area (Å²) in [5.74, 6) is 0.583. The fraction of sp³-hybridized carbons (Fsp3) is 0.412. The van der Waals surface area contributed by atoms with Crippen LogP contribution in [0.5, 0.6) is 0 Å². The molecule has 0 aliphatic carbocycles. The first-order chi connectivity index (χ1) is 11.2. The van der Waals surface area contributed by atoms with E-state index >= 15 is 0 Å². The van der Waals surface area contributed by atoms with Gasteiger partial charge in [0.25, 0.3) is 5.24 Å². The van der Waals surface area contributed by atoms with Crippen LogP contribution >= 0.6 is 11.8 Å². The second kappa shape index (κ2) is 5.92. The molecule has 23 heavy (non-hydrogen) atoms. The summed E-state index contributed by atoms with van der Waals surface area (Å²) in [6, 6.07) is 10.0. The molecular weight excluding hydrogens is 310 g/mol. The Bertz CT molecular complexity index is 724. The number of thioether (sulfide) groups is 1. The monoisotopic (exact) mass is 329 g/mol. The first-order valence-corrected chi connectivity index (χ1v) is 9.02. The van der Waals surface area contributed by atoms with Crippen molar-refractivity contribution in [2.45, 2.75) is 31.3 Å². The molecule has 3 heterocycles. The molecule has 6 heteroatoms. The lowest BCUT2D eigenvalue weighted by atomic mass is 9.98. The van der Waals surface area contributed by atoms with Gasteiger partial charge in [0.2, 0.25) is 5.91 Å². The van der Waals surface area contributed by atoms with E-state index in [1.54, 1.807) is 0 Å². The average molecular weight is 329 g/mol. The van der Waals surface area contributed by atoms with Gasteiger partial charge in [-0.1, -0.05) is 30.0 Å². The smallest absolute Gasteiger partial charge is 0.279 e. The molecule has 2 amide bonds. The van der Waals surface area contributed by atoms with Gasteiger partial charge in [0.15, 0.2) is 0 Å². The zero-order valence-electron chi connectivity index (χ0n) is 12.7. The Balaban J connectivity index is 1.62. The van der Waals surface area contributed by atoms with Gasteiger partial charge in [0, 0.05) is 23.5 Å². The third-order valence-electron chi connectivity index (χ3n) is 4.67. The summed E-state index contributed by atoms with van der Waals surface area (Å²) in [7, 11) is 0. The molecule has 1 aromatic heterocycles. The molecule has 2 atom stereocenters. The topological polar surface area (TPSA) is 65.2 Å². The molecule has 4 rings (SSSR count). The molecule has 120 valence electrons. The van der Waals surface area contributed by atoms with Crippen molar-refractivity contribution in [2.24, 2.45) is 0 Å². The second-order valence-electron chi connectivity index (χ2n) is 6.15. The van der Waals surface area contributed by atoms with Gasteiger partial charge in [0.1, 0.15) is 6.04 Å². The van der Waals surface area contributed by atoms with E-state index in [2.05, 4.69) is 28.5 Å². The molecule has 2 fully saturated rings. The number of carbonyl (C=O) groups excluding carboxylic acids is 2. The number of piperidine rings is 1. The van der Waals surface area contributed by atoms with Gasteiger partial charge in [0.05, 0.1) is 6.04 Å². The van der Waals surface area contributed by atoms with Crippen molar-refractivity contribution in [3.8, 4) is 0 Å². The number of benzene rings is 1. The Morgan fingerprint density at radius 1 is 1.26 bits per heavy atom. The minimum absolute atomic E-state index is 0.0479. The quantitative estimate of drug-likeness (QED) is 0.890. The van der Waals surface area contributed by atoms with Gasteiger partial charge in [-0.2, -0.15) is 0 Å². The maximum absolute atomic E-state index is 12.8. The van der Waals surface area contributed by atoms with Crippen LogP contribution in [0.15, 0.2) is 30.3 Å². The van der Waals surface area contributed by atoms with Crippen molar-refractivity contribution < 1.29 is 9.59 Å². The largest absolute Gasteiger partial charge is 0.357 e. The molecular formula is C17H19N3O2S. The van der Waals surface area contributed by atoms with Crippen molar-refractivity contribution >= 4 is 33.8 Å². The van der Waals surface area contributed by atoms with E-state index in [0.717, 1.165) is 37.0 Å². The first-order valence-electron chi connectivity index (χ1n) is 8.04. The highest BCUT2D eigenvalue weighted by Crippen LogP contribution is 2.33. The Morgan fingerprint density at radius 3 is 2.91 bits per heavy atom. The van der Waals surface area contributed by atoms with Gasteiger partial charge >= 0.3 is 0 Å². The number of hydrogen-bond donors (Lipinski definition) is 2. The minimum Gasteiger partial charge on any atom is -0.357 e. The lowest BCUT2D eigenvalue weighted by Gasteiger charge is -2.36. The number of fused-ring (bicyclic) bond motifs is 1. The van der Waals surface area contributed by atoms with Crippen LogP contribution < -0.4 is 5.32 Å². The Kier molecular flexibility index (Phi) is 3.77. The number of amides is 2. The van der Waals surface area contributed by atoms with E-state index in [4.69, 9.17) is 0 Å². The molecule has 2 aliphatic heterocycles. The zero-order chi connectivity index (χ0) is 15.8. The van der Waals surface area contributed by atoms with Crippen molar-refractivity contribution in [2.75, 3.05) is 12.3 Å². The summed E-state index contributed by atoms with van der Waals surface area (Å²) in [5, 5.41) is 3.85. The third-order valence-corrected chi connectivity index (χ3v) is 5.55. The molecule has 0 unspecified atom stereocenters. The lowest BCUT2D eigenvalue weighted by Crippen LogP contribution is -2.48. The predicted molar refractivity (Wildman–Crippen MR) is 91.4 cm³/mol. The maximum Gasteiger partial charge on any atom is 0.279 e. The molecule has 1 aromatic carbocycles. The molecule has 2 saturated heterocycles. The van der Waals surface area contributed by atoms with Gasteiger partial charge < -0.3 is 15.2 Å². The number of hydrogen-bond acceptors (Lipinski definition) is 3. The summed E-state index contributed by atoms with van der Waals surface area (Å²) >= 11 is 1.19. The van der Waals surface area contributed by atoms with Crippen LogP contribution in [0.25, 0.3) is 10.9 Å². The number of nitrogens with zero attached hydrogens (tertiary/aromatic N) is 1. The summed E-state index contributed by atoms with van der Waals surface area (Å²) in [5.41, 5.74) is 2.20. The standard InChI is InChI=1S/C17H19N3O2S/c21-16(14-10-23-17(22)19-14)20-8-4-3-7-15(20)13-9-11-5-1-2-6-12(11)18-13/h1-2,5-6,9,14-15,18H,3-4,7-8,10H2,(H,19,22)/t14-,15+/m1/s1. The van der Waals surface area contributed by atoms with Crippen LogP contribution in [0.3, 0.4) is 0 Å². The summed E-state index contributed by atoms with van der Waals surface area (Å²) in [4.78, 5) is 29.6. The summed E-state index contributed by atoms with van der Waals surface area (Å²) in [6.45, 7) is 0.760. The van der Waals surface area contributed by atoms with E-state index in [1.165, 1.54) is 17.1 Å². The Morgan fingerprint density at radius 2 is 2.13 bits per heavy atom. The van der Waals surface area contributed by atoms with Gasteiger partial charge in [-0.25, -0.2) is 0 Å². The number of para-hydroxylation sites is 1. The number of rotatable bonds is 2. The summed E-state index contributed by atoms with van der Waals surface area (Å²) in [6.07, 6.45) is 3.11. The zero-order valence-corrected chi connectivity index (χ0v) is 13.6. The molecule has 2 aromatic rings. The number of carbonyl (C=O) groups is 2. The summed E-state index contributed by atoms with van der Waals surface area (Å²) < 4.78 is 0. The van der Waals surface area contributed by atoms with Crippen LogP contribution in [-0.2, 0) is 4.79 Å². The highest BCUT2D eigenvalue weighted by atomic mass is 32.2. The third kappa shape index (κ3) is 2.72. The van der Waals surface area contributed by atoms with E-state index in [0.29, 0.717) is 5.75 Å². The van der Waals surface area contributed by atoms with Crippen molar-refractivity contribution in [3.05, 3.63) is 36.0 Å². The van der Waals surface area contributed by atoms with Crippen LogP contribution in [0, 0.1) is 0 Å². The SMILES string of the molecule is O=C1N[C@@H](C(=O)N2CCCC[C@H]2c2cc3ccccc3[nH]2)CS1.